The molecule has 0 aliphatic heterocycles. The average Bonchev–Trinajstić information content (AvgIpc) is 3.38. The molecule has 1 N–H and O–H groups in total. The predicted octanol–water partition coefficient (Wildman–Crippen LogP) is 8.26. The zero-order valence-electron chi connectivity index (χ0n) is 20.7. The average molecular weight is 483 g/mol. The van der Waals surface area contributed by atoms with Gasteiger partial charge < -0.3 is 9.52 Å². The molecule has 0 spiro atoms. The van der Waals surface area contributed by atoms with Crippen LogP contribution in [-0.2, 0) is 5.41 Å². The number of hydrogen-bond acceptors (Lipinski definition) is 4. The van der Waals surface area contributed by atoms with E-state index in [1.165, 1.54) is 11.1 Å². The van der Waals surface area contributed by atoms with Gasteiger partial charge in [0.05, 0.1) is 11.3 Å². The van der Waals surface area contributed by atoms with Gasteiger partial charge in [-0.25, -0.2) is 4.98 Å². The van der Waals surface area contributed by atoms with E-state index in [1.807, 2.05) is 42.6 Å². The molecule has 4 heteroatoms. The van der Waals surface area contributed by atoms with Crippen molar-refractivity contribution in [2.45, 2.75) is 19.3 Å². The van der Waals surface area contributed by atoms with Crippen molar-refractivity contribution in [3.63, 3.8) is 0 Å². The lowest BCUT2D eigenvalue weighted by molar-refractivity contribution is 0.474. The highest BCUT2D eigenvalue weighted by molar-refractivity contribution is 5.93. The topological polar surface area (TPSA) is 59.2 Å². The number of aromatic hydroxyl groups is 1. The van der Waals surface area contributed by atoms with Crippen LogP contribution < -0.4 is 0 Å². The van der Waals surface area contributed by atoms with Crippen LogP contribution in [0, 0.1) is 0 Å². The largest absolute Gasteiger partial charge is 0.507 e. The number of phenolic OH excluding ortho intramolecular Hbond substituents is 1. The molecule has 2 heterocycles. The van der Waals surface area contributed by atoms with Crippen LogP contribution >= 0.6 is 0 Å². The first-order valence-corrected chi connectivity index (χ1v) is 12.3. The van der Waals surface area contributed by atoms with E-state index < -0.39 is 0 Å². The van der Waals surface area contributed by atoms with Gasteiger partial charge in [-0.2, -0.15) is 0 Å². The molecule has 0 aliphatic carbocycles. The summed E-state index contributed by atoms with van der Waals surface area (Å²) in [6, 6.07) is 36.1. The van der Waals surface area contributed by atoms with Crippen molar-refractivity contribution in [1.82, 2.24) is 9.97 Å². The van der Waals surface area contributed by atoms with E-state index in [1.54, 1.807) is 18.2 Å². The molecule has 0 aliphatic rings. The number of nitrogens with zero attached hydrogens (tertiary/aromatic N) is 2. The molecular weight excluding hydrogens is 456 g/mol. The van der Waals surface area contributed by atoms with E-state index in [0.29, 0.717) is 17.0 Å². The molecule has 0 atom stereocenters. The Morgan fingerprint density at radius 3 is 2.27 bits per heavy atom. The van der Waals surface area contributed by atoms with Crippen molar-refractivity contribution in [2.24, 2.45) is 0 Å². The highest BCUT2D eigenvalue weighted by Gasteiger charge is 2.27. The molecule has 4 nitrogen and oxygen atoms in total. The summed E-state index contributed by atoms with van der Waals surface area (Å²) in [5.41, 5.74) is 8.16. The Hall–Kier alpha value is -4.70. The van der Waals surface area contributed by atoms with Crippen molar-refractivity contribution in [1.29, 1.82) is 0 Å². The lowest BCUT2D eigenvalue weighted by Crippen LogP contribution is -2.20. The Balaban J connectivity index is 1.46. The molecule has 0 saturated carbocycles. The normalized spacial score (nSPS) is 11.6. The summed E-state index contributed by atoms with van der Waals surface area (Å²) in [6.07, 6.45) is 1.85. The lowest BCUT2D eigenvalue weighted by atomic mass is 9.76. The van der Waals surface area contributed by atoms with Gasteiger partial charge >= 0.3 is 0 Å². The molecule has 4 aromatic carbocycles. The fourth-order valence-corrected chi connectivity index (χ4v) is 4.94. The van der Waals surface area contributed by atoms with Gasteiger partial charge in [-0.15, -0.1) is 0 Å². The highest BCUT2D eigenvalue weighted by Crippen LogP contribution is 2.39. The monoisotopic (exact) mass is 482 g/mol. The fourth-order valence-electron chi connectivity index (χ4n) is 4.94. The minimum atomic E-state index is -0.223. The van der Waals surface area contributed by atoms with Gasteiger partial charge in [-0.05, 0) is 47.0 Å². The van der Waals surface area contributed by atoms with Gasteiger partial charge in [0, 0.05) is 22.7 Å². The van der Waals surface area contributed by atoms with E-state index >= 15 is 0 Å². The van der Waals surface area contributed by atoms with Crippen molar-refractivity contribution >= 4 is 11.1 Å². The number of fused-ring (bicyclic) bond motifs is 1. The first-order chi connectivity index (χ1) is 18.0. The predicted molar refractivity (Wildman–Crippen MR) is 148 cm³/mol. The standard InChI is InChI=1S/C33H26N2O2/c1-33(2,24-13-4-3-5-14-24)27-17-10-20-34-30(27)23-12-8-11-22(21-23)25-16-9-19-29-31(25)35-32(37-29)26-15-6-7-18-28(26)36/h3-21,36H,1-2H3. The molecule has 0 amide bonds. The SMILES string of the molecule is CC(C)(c1ccccc1)c1cccnc1-c1cccc(-c2cccc3oc(-c4ccccc4O)nc23)c1. The molecule has 6 rings (SSSR count). The molecule has 180 valence electrons. The Morgan fingerprint density at radius 2 is 1.43 bits per heavy atom. The zero-order valence-corrected chi connectivity index (χ0v) is 20.7. The molecular formula is C33H26N2O2. The van der Waals surface area contributed by atoms with Gasteiger partial charge in [0.1, 0.15) is 11.3 Å². The number of pyridine rings is 1. The van der Waals surface area contributed by atoms with Gasteiger partial charge in [-0.3, -0.25) is 4.98 Å². The molecule has 6 aromatic rings. The maximum absolute atomic E-state index is 10.3. The Bertz CT molecular complexity index is 1720. The molecule has 0 saturated heterocycles. The second-order valence-corrected chi connectivity index (χ2v) is 9.66. The summed E-state index contributed by atoms with van der Waals surface area (Å²) >= 11 is 0. The third kappa shape index (κ3) is 4.07. The molecule has 0 bridgehead atoms. The van der Waals surface area contributed by atoms with E-state index in [2.05, 4.69) is 68.4 Å². The van der Waals surface area contributed by atoms with E-state index in [0.717, 1.165) is 27.9 Å². The van der Waals surface area contributed by atoms with Crippen LogP contribution in [0.4, 0.5) is 0 Å². The summed E-state index contributed by atoms with van der Waals surface area (Å²) in [5.74, 6) is 0.537. The van der Waals surface area contributed by atoms with Crippen LogP contribution in [0.15, 0.2) is 120 Å². The zero-order chi connectivity index (χ0) is 25.4. The number of para-hydroxylation sites is 2. The van der Waals surface area contributed by atoms with Gasteiger partial charge in [0.15, 0.2) is 5.58 Å². The number of oxazole rings is 1. The van der Waals surface area contributed by atoms with Crippen molar-refractivity contribution < 1.29 is 9.52 Å². The number of aromatic nitrogens is 2. The number of hydrogen-bond donors (Lipinski definition) is 1. The molecule has 0 fully saturated rings. The quantitative estimate of drug-likeness (QED) is 0.269. The fraction of sp³-hybridized carbons (Fsp3) is 0.0909. The van der Waals surface area contributed by atoms with Crippen LogP contribution in [0.5, 0.6) is 5.75 Å². The third-order valence-electron chi connectivity index (χ3n) is 6.98. The second kappa shape index (κ2) is 9.07. The molecule has 37 heavy (non-hydrogen) atoms. The number of rotatable bonds is 5. The van der Waals surface area contributed by atoms with Crippen molar-refractivity contribution in [2.75, 3.05) is 0 Å². The van der Waals surface area contributed by atoms with Crippen LogP contribution in [-0.4, -0.2) is 15.1 Å². The Labute approximate surface area is 215 Å². The van der Waals surface area contributed by atoms with E-state index in [-0.39, 0.29) is 11.2 Å². The smallest absolute Gasteiger partial charge is 0.231 e. The van der Waals surface area contributed by atoms with Crippen LogP contribution in [0.25, 0.3) is 44.9 Å². The van der Waals surface area contributed by atoms with Crippen molar-refractivity contribution in [3.8, 4) is 39.6 Å². The molecule has 0 unspecified atom stereocenters. The maximum Gasteiger partial charge on any atom is 0.231 e. The van der Waals surface area contributed by atoms with Gasteiger partial charge in [0.2, 0.25) is 5.89 Å². The lowest BCUT2D eigenvalue weighted by Gasteiger charge is -2.28. The summed E-state index contributed by atoms with van der Waals surface area (Å²) in [6.45, 7) is 4.48. The van der Waals surface area contributed by atoms with Gasteiger partial charge in [-0.1, -0.05) is 92.7 Å². The maximum atomic E-state index is 10.3. The molecule has 2 aromatic heterocycles. The Kier molecular flexibility index (Phi) is 5.57. The summed E-state index contributed by atoms with van der Waals surface area (Å²) in [4.78, 5) is 9.61. The number of phenols is 1. The highest BCUT2D eigenvalue weighted by atomic mass is 16.3. The minimum Gasteiger partial charge on any atom is -0.507 e. The first kappa shape index (κ1) is 22.7. The van der Waals surface area contributed by atoms with E-state index in [9.17, 15) is 5.11 Å². The van der Waals surface area contributed by atoms with E-state index in [4.69, 9.17) is 14.4 Å². The summed E-state index contributed by atoms with van der Waals surface area (Å²) in [7, 11) is 0. The van der Waals surface area contributed by atoms with Crippen molar-refractivity contribution in [3.05, 3.63) is 127 Å². The first-order valence-electron chi connectivity index (χ1n) is 12.3. The van der Waals surface area contributed by atoms with Crippen LogP contribution in [0.1, 0.15) is 25.0 Å². The summed E-state index contributed by atoms with van der Waals surface area (Å²) in [5, 5.41) is 10.3. The Morgan fingerprint density at radius 1 is 0.703 bits per heavy atom. The summed E-state index contributed by atoms with van der Waals surface area (Å²) < 4.78 is 6.04. The molecule has 0 radical (unpaired) electrons. The number of benzene rings is 4. The van der Waals surface area contributed by atoms with Crippen LogP contribution in [0.2, 0.25) is 0 Å². The minimum absolute atomic E-state index is 0.140. The third-order valence-corrected chi connectivity index (χ3v) is 6.98. The van der Waals surface area contributed by atoms with Gasteiger partial charge in [0.25, 0.3) is 0 Å². The van der Waals surface area contributed by atoms with Crippen LogP contribution in [0.3, 0.4) is 0 Å². The second-order valence-electron chi connectivity index (χ2n) is 9.66.